The number of rotatable bonds is 5. The lowest BCUT2D eigenvalue weighted by atomic mass is 9.61. The summed E-state index contributed by atoms with van der Waals surface area (Å²) < 4.78 is 75.0. The molecule has 2 amide bonds. The van der Waals surface area contributed by atoms with Gasteiger partial charge >= 0.3 is 18.2 Å². The first-order valence-corrected chi connectivity index (χ1v) is 9.95. The number of ether oxygens (including phenoxy) is 2. The number of nitrogens with zero attached hydrogens (tertiary/aromatic N) is 2. The number of amides is 2. The van der Waals surface area contributed by atoms with Gasteiger partial charge in [0.25, 0.3) is 6.43 Å². The smallest absolute Gasteiger partial charge is 0.471 e. The lowest BCUT2D eigenvalue weighted by Gasteiger charge is -2.58. The quantitative estimate of drug-likeness (QED) is 0.666. The first-order valence-electron chi connectivity index (χ1n) is 9.95. The molecule has 32 heavy (non-hydrogen) atoms. The van der Waals surface area contributed by atoms with Crippen LogP contribution in [0.25, 0.3) is 0 Å². The van der Waals surface area contributed by atoms with E-state index < -0.39 is 47.4 Å². The summed E-state index contributed by atoms with van der Waals surface area (Å²) in [6.07, 6.45) is -8.28. The number of alkyl carbamates (subject to hydrolysis) is 1. The van der Waals surface area contributed by atoms with E-state index in [1.807, 2.05) is 0 Å². The Morgan fingerprint density at radius 1 is 1.22 bits per heavy atom. The molecule has 12 heteroatoms. The van der Waals surface area contributed by atoms with Crippen molar-refractivity contribution in [3.63, 3.8) is 0 Å². The summed E-state index contributed by atoms with van der Waals surface area (Å²) in [6, 6.07) is 2.76. The number of halogens is 5. The molecule has 0 atom stereocenters. The molecular weight excluding hydrogens is 441 g/mol. The Labute approximate surface area is 181 Å². The topological polar surface area (TPSA) is 80.8 Å². The van der Waals surface area contributed by atoms with Gasteiger partial charge in [0.1, 0.15) is 23.1 Å². The standard InChI is InChI=1S/C20H24F5N3O4/c1-18(2,3)32-17(30)26-8-11-4-5-13(14(27-11)15(21)22)31-12-6-19(7-12)9-28(10-19)16(29)20(23,24)25/h4-5,12,15H,6-10H2,1-3H3,(H,26,30). The molecule has 2 fully saturated rings. The van der Waals surface area contributed by atoms with Crippen LogP contribution in [-0.4, -0.2) is 52.9 Å². The summed E-state index contributed by atoms with van der Waals surface area (Å²) in [7, 11) is 0. The predicted molar refractivity (Wildman–Crippen MR) is 101 cm³/mol. The second-order valence-corrected chi connectivity index (χ2v) is 9.15. The molecule has 2 aliphatic rings. The fraction of sp³-hybridized carbons (Fsp3) is 0.650. The van der Waals surface area contributed by atoms with Crippen LogP contribution in [0.5, 0.6) is 5.75 Å². The Kier molecular flexibility index (Phi) is 6.27. The highest BCUT2D eigenvalue weighted by Crippen LogP contribution is 2.50. The van der Waals surface area contributed by atoms with Gasteiger partial charge in [-0.2, -0.15) is 13.2 Å². The highest BCUT2D eigenvalue weighted by molar-refractivity contribution is 5.82. The summed E-state index contributed by atoms with van der Waals surface area (Å²) in [4.78, 5) is 27.5. The molecule has 1 aliphatic carbocycles. The minimum Gasteiger partial charge on any atom is -0.488 e. The zero-order valence-electron chi connectivity index (χ0n) is 17.8. The summed E-state index contributed by atoms with van der Waals surface area (Å²) in [5.74, 6) is -1.99. The number of aromatic nitrogens is 1. The van der Waals surface area contributed by atoms with Gasteiger partial charge in [0.2, 0.25) is 0 Å². The van der Waals surface area contributed by atoms with Crippen molar-refractivity contribution in [2.75, 3.05) is 13.1 Å². The van der Waals surface area contributed by atoms with Gasteiger partial charge in [-0.05, 0) is 45.7 Å². The third-order valence-corrected chi connectivity index (χ3v) is 5.16. The first-order chi connectivity index (χ1) is 14.7. The van der Waals surface area contributed by atoms with E-state index in [2.05, 4.69) is 10.3 Å². The molecule has 0 bridgehead atoms. The molecule has 1 aromatic heterocycles. The van der Waals surface area contributed by atoms with Crippen LogP contribution in [0.2, 0.25) is 0 Å². The lowest BCUT2D eigenvalue weighted by molar-refractivity contribution is -0.205. The maximum absolute atomic E-state index is 13.5. The molecule has 0 unspecified atom stereocenters. The van der Waals surface area contributed by atoms with Crippen molar-refractivity contribution in [3.8, 4) is 5.75 Å². The Morgan fingerprint density at radius 2 is 1.84 bits per heavy atom. The van der Waals surface area contributed by atoms with Crippen LogP contribution in [0.4, 0.5) is 26.7 Å². The third-order valence-electron chi connectivity index (χ3n) is 5.16. The second-order valence-electron chi connectivity index (χ2n) is 9.15. The van der Waals surface area contributed by atoms with Gasteiger partial charge in [-0.1, -0.05) is 0 Å². The minimum atomic E-state index is -4.90. The van der Waals surface area contributed by atoms with Crippen molar-refractivity contribution in [2.45, 2.75) is 64.5 Å². The number of hydrogen-bond donors (Lipinski definition) is 1. The monoisotopic (exact) mass is 465 g/mol. The Hall–Kier alpha value is -2.66. The van der Waals surface area contributed by atoms with Gasteiger partial charge in [-0.25, -0.2) is 18.6 Å². The number of carbonyl (C=O) groups is 2. The van der Waals surface area contributed by atoms with E-state index in [0.29, 0.717) is 12.8 Å². The molecule has 3 rings (SSSR count). The van der Waals surface area contributed by atoms with Gasteiger partial charge in [0, 0.05) is 18.5 Å². The third kappa shape index (κ3) is 5.57. The molecule has 1 aliphatic heterocycles. The maximum Gasteiger partial charge on any atom is 0.471 e. The van der Waals surface area contributed by atoms with Gasteiger partial charge in [0.05, 0.1) is 12.2 Å². The number of nitrogens with one attached hydrogen (secondary N) is 1. The normalized spacial score (nSPS) is 18.2. The molecule has 1 saturated carbocycles. The van der Waals surface area contributed by atoms with E-state index in [1.165, 1.54) is 12.1 Å². The van der Waals surface area contributed by atoms with Crippen LogP contribution in [0.1, 0.15) is 51.4 Å². The Morgan fingerprint density at radius 3 is 2.38 bits per heavy atom. The van der Waals surface area contributed by atoms with Crippen LogP contribution in [0.3, 0.4) is 0 Å². The zero-order chi connectivity index (χ0) is 23.9. The maximum atomic E-state index is 13.5. The van der Waals surface area contributed by atoms with Gasteiger partial charge in [-0.3, -0.25) is 4.79 Å². The highest BCUT2D eigenvalue weighted by atomic mass is 19.4. The average Bonchev–Trinajstić information content (AvgIpc) is 2.58. The van der Waals surface area contributed by atoms with Gasteiger partial charge in [0.15, 0.2) is 0 Å². The molecule has 0 aromatic carbocycles. The van der Waals surface area contributed by atoms with Crippen molar-refractivity contribution in [1.29, 1.82) is 0 Å². The minimum absolute atomic E-state index is 0.0274. The molecular formula is C20H24F5N3O4. The van der Waals surface area contributed by atoms with E-state index in [9.17, 15) is 31.5 Å². The number of alkyl halides is 5. The molecule has 1 spiro atoms. The van der Waals surface area contributed by atoms with E-state index in [1.54, 1.807) is 20.8 Å². The number of hydrogen-bond acceptors (Lipinski definition) is 5. The van der Waals surface area contributed by atoms with Crippen LogP contribution < -0.4 is 10.1 Å². The van der Waals surface area contributed by atoms with Gasteiger partial charge < -0.3 is 19.7 Å². The molecule has 0 radical (unpaired) electrons. The average molecular weight is 465 g/mol. The molecule has 7 nitrogen and oxygen atoms in total. The summed E-state index contributed by atoms with van der Waals surface area (Å²) >= 11 is 0. The van der Waals surface area contributed by atoms with Crippen LogP contribution in [0, 0.1) is 5.41 Å². The highest BCUT2D eigenvalue weighted by Gasteiger charge is 2.58. The molecule has 178 valence electrons. The van der Waals surface area contributed by atoms with Crippen molar-refractivity contribution in [2.24, 2.45) is 5.41 Å². The zero-order valence-corrected chi connectivity index (χ0v) is 17.8. The Bertz CT molecular complexity index is 871. The fourth-order valence-corrected chi connectivity index (χ4v) is 3.85. The molecule has 1 saturated heterocycles. The van der Waals surface area contributed by atoms with E-state index in [4.69, 9.17) is 9.47 Å². The summed E-state index contributed by atoms with van der Waals surface area (Å²) in [6.45, 7) is 4.88. The van der Waals surface area contributed by atoms with Crippen molar-refractivity contribution in [3.05, 3.63) is 23.5 Å². The van der Waals surface area contributed by atoms with E-state index >= 15 is 0 Å². The van der Waals surface area contributed by atoms with Crippen LogP contribution in [0.15, 0.2) is 12.1 Å². The van der Waals surface area contributed by atoms with Crippen molar-refractivity contribution in [1.82, 2.24) is 15.2 Å². The predicted octanol–water partition coefficient (Wildman–Crippen LogP) is 3.98. The fourth-order valence-electron chi connectivity index (χ4n) is 3.85. The Balaban J connectivity index is 1.53. The largest absolute Gasteiger partial charge is 0.488 e. The van der Waals surface area contributed by atoms with Crippen LogP contribution in [-0.2, 0) is 16.1 Å². The lowest BCUT2D eigenvalue weighted by Crippen LogP contribution is -2.67. The molecule has 1 aromatic rings. The number of carbonyl (C=O) groups excluding carboxylic acids is 2. The molecule has 1 N–H and O–H groups in total. The first kappa shape index (κ1) is 24.0. The second kappa shape index (κ2) is 8.36. The van der Waals surface area contributed by atoms with Gasteiger partial charge in [-0.15, -0.1) is 0 Å². The molecule has 2 heterocycles. The SMILES string of the molecule is CC(C)(C)OC(=O)NCc1ccc(OC2CC3(C2)CN(C(=O)C(F)(F)F)C3)c(C(F)F)n1. The van der Waals surface area contributed by atoms with E-state index in [-0.39, 0.29) is 31.1 Å². The number of likely N-dealkylation sites (tertiary alicyclic amines) is 1. The summed E-state index contributed by atoms with van der Waals surface area (Å²) in [5, 5.41) is 2.43. The van der Waals surface area contributed by atoms with Crippen molar-refractivity contribution >= 4 is 12.0 Å². The number of pyridine rings is 1. The van der Waals surface area contributed by atoms with Crippen LogP contribution >= 0.6 is 0 Å². The van der Waals surface area contributed by atoms with Crippen molar-refractivity contribution < 1.29 is 41.0 Å². The summed E-state index contributed by atoms with van der Waals surface area (Å²) in [5.41, 5.74) is -1.57. The van der Waals surface area contributed by atoms with E-state index in [0.717, 1.165) is 4.90 Å².